The van der Waals surface area contributed by atoms with E-state index in [0.717, 1.165) is 5.56 Å². The molecule has 0 unspecified atom stereocenters. The second-order valence-corrected chi connectivity index (χ2v) is 7.86. The highest BCUT2D eigenvalue weighted by Gasteiger charge is 2.45. The van der Waals surface area contributed by atoms with Gasteiger partial charge in [-0.1, -0.05) is 24.3 Å². The van der Waals surface area contributed by atoms with Crippen LogP contribution in [0.3, 0.4) is 0 Å². The number of anilines is 2. The van der Waals surface area contributed by atoms with E-state index in [2.05, 4.69) is 5.32 Å². The molecule has 0 bridgehead atoms. The molecular weight excluding hydrogens is 384 g/mol. The largest absolute Gasteiger partial charge is 0.479 e. The van der Waals surface area contributed by atoms with Crippen LogP contribution in [0.1, 0.15) is 33.3 Å². The summed E-state index contributed by atoms with van der Waals surface area (Å²) < 4.78 is 11.0. The summed E-state index contributed by atoms with van der Waals surface area (Å²) in [4.78, 5) is 39.6. The summed E-state index contributed by atoms with van der Waals surface area (Å²) in [5.41, 5.74) is 0.945. The summed E-state index contributed by atoms with van der Waals surface area (Å²) in [7, 11) is 0. The monoisotopic (exact) mass is 410 g/mol. The summed E-state index contributed by atoms with van der Waals surface area (Å²) >= 11 is 0. The summed E-state index contributed by atoms with van der Waals surface area (Å²) in [6.45, 7) is 8.27. The Morgan fingerprint density at radius 3 is 2.43 bits per heavy atom. The van der Waals surface area contributed by atoms with Crippen LogP contribution >= 0.6 is 0 Å². The van der Waals surface area contributed by atoms with E-state index < -0.39 is 29.6 Å². The molecule has 1 aliphatic heterocycles. The quantitative estimate of drug-likeness (QED) is 0.763. The Hall–Kier alpha value is -3.35. The number of ether oxygens (including phenoxy) is 2. The lowest BCUT2D eigenvalue weighted by atomic mass is 9.95. The first-order valence-electron chi connectivity index (χ1n) is 9.79. The van der Waals surface area contributed by atoms with Crippen molar-refractivity contribution < 1.29 is 23.9 Å². The number of esters is 1. The van der Waals surface area contributed by atoms with Gasteiger partial charge < -0.3 is 14.8 Å². The Morgan fingerprint density at radius 2 is 1.73 bits per heavy atom. The van der Waals surface area contributed by atoms with E-state index in [9.17, 15) is 14.4 Å². The normalized spacial score (nSPS) is 16.7. The first-order chi connectivity index (χ1) is 14.1. The van der Waals surface area contributed by atoms with E-state index >= 15 is 0 Å². The molecule has 2 aromatic carbocycles. The van der Waals surface area contributed by atoms with Gasteiger partial charge in [-0.2, -0.15) is 0 Å². The minimum Gasteiger partial charge on any atom is -0.479 e. The molecule has 0 radical (unpaired) electrons. The predicted octanol–water partition coefficient (Wildman–Crippen LogP) is 3.46. The van der Waals surface area contributed by atoms with Crippen molar-refractivity contribution in [3.63, 3.8) is 0 Å². The Kier molecular flexibility index (Phi) is 5.82. The van der Waals surface area contributed by atoms with Gasteiger partial charge in [0.25, 0.3) is 5.91 Å². The number of rotatable bonds is 5. The minimum atomic E-state index is -1.14. The number of hydrogen-bond acceptors (Lipinski definition) is 5. The molecule has 2 amide bonds. The van der Waals surface area contributed by atoms with Crippen LogP contribution in [0, 0.1) is 6.92 Å². The third kappa shape index (κ3) is 4.15. The minimum absolute atomic E-state index is 0.316. The van der Waals surface area contributed by atoms with Gasteiger partial charge in [0, 0.05) is 0 Å². The van der Waals surface area contributed by atoms with Crippen molar-refractivity contribution >= 4 is 29.2 Å². The van der Waals surface area contributed by atoms with E-state index in [1.807, 2.05) is 25.1 Å². The molecule has 1 heterocycles. The molecule has 158 valence electrons. The number of nitrogens with zero attached hydrogens (tertiary/aromatic N) is 1. The second-order valence-electron chi connectivity index (χ2n) is 7.86. The molecule has 1 aliphatic rings. The maximum atomic E-state index is 13.2. The van der Waals surface area contributed by atoms with E-state index in [-0.39, 0.29) is 5.91 Å². The van der Waals surface area contributed by atoms with Crippen LogP contribution in [0.2, 0.25) is 0 Å². The third-order valence-electron chi connectivity index (χ3n) is 5.00. The summed E-state index contributed by atoms with van der Waals surface area (Å²) in [5, 5.41) is 2.80. The highest BCUT2D eigenvalue weighted by molar-refractivity contribution is 6.15. The molecule has 0 aliphatic carbocycles. The molecule has 0 saturated heterocycles. The van der Waals surface area contributed by atoms with E-state index in [1.165, 1.54) is 11.8 Å². The number of hydrogen-bond donors (Lipinski definition) is 1. The van der Waals surface area contributed by atoms with Crippen LogP contribution in [0.15, 0.2) is 48.5 Å². The number of fused-ring (bicyclic) bond motifs is 1. The maximum Gasteiger partial charge on any atom is 0.347 e. The summed E-state index contributed by atoms with van der Waals surface area (Å²) in [6.07, 6.45) is -1.99. The zero-order valence-corrected chi connectivity index (χ0v) is 17.8. The Bertz CT molecular complexity index is 985. The number of benzene rings is 2. The van der Waals surface area contributed by atoms with Crippen molar-refractivity contribution in [1.82, 2.24) is 0 Å². The van der Waals surface area contributed by atoms with Gasteiger partial charge in [-0.3, -0.25) is 14.5 Å². The van der Waals surface area contributed by atoms with Gasteiger partial charge in [-0.15, -0.1) is 0 Å². The van der Waals surface area contributed by atoms with Crippen LogP contribution in [0.25, 0.3) is 0 Å². The van der Waals surface area contributed by atoms with Crippen LogP contribution in [0.4, 0.5) is 11.4 Å². The molecule has 0 saturated carbocycles. The molecule has 2 atom stereocenters. The fraction of sp³-hybridized carbons (Fsp3) is 0.348. The molecule has 0 spiro atoms. The Labute approximate surface area is 176 Å². The topological polar surface area (TPSA) is 84.9 Å². The molecule has 7 heteroatoms. The van der Waals surface area contributed by atoms with Crippen LogP contribution in [-0.2, 0) is 19.1 Å². The van der Waals surface area contributed by atoms with Gasteiger partial charge in [0.2, 0.25) is 5.91 Å². The lowest BCUT2D eigenvalue weighted by Gasteiger charge is -2.42. The SMILES string of the molecule is Cc1cccc(O[C@@H](C)C(=O)O[C@@H](C)C(=O)N2c3ccccc3NC(=O)C2(C)C)c1. The summed E-state index contributed by atoms with van der Waals surface area (Å²) in [6, 6.07) is 14.3. The number of carbonyl (C=O) groups excluding carboxylic acids is 3. The first kappa shape index (κ1) is 21.4. The lowest BCUT2D eigenvalue weighted by Crippen LogP contribution is -2.60. The van der Waals surface area contributed by atoms with Crippen molar-refractivity contribution in [3.05, 3.63) is 54.1 Å². The van der Waals surface area contributed by atoms with Crippen molar-refractivity contribution in [2.45, 2.75) is 52.4 Å². The van der Waals surface area contributed by atoms with Crippen LogP contribution in [0.5, 0.6) is 5.75 Å². The van der Waals surface area contributed by atoms with Crippen molar-refractivity contribution in [1.29, 1.82) is 0 Å². The highest BCUT2D eigenvalue weighted by atomic mass is 16.6. The second kappa shape index (κ2) is 8.18. The van der Waals surface area contributed by atoms with Gasteiger partial charge >= 0.3 is 5.97 Å². The lowest BCUT2D eigenvalue weighted by molar-refractivity contribution is -0.160. The van der Waals surface area contributed by atoms with E-state index in [1.54, 1.807) is 51.1 Å². The molecule has 30 heavy (non-hydrogen) atoms. The average Bonchev–Trinajstić information content (AvgIpc) is 2.68. The van der Waals surface area contributed by atoms with Crippen molar-refractivity contribution in [3.8, 4) is 5.75 Å². The molecule has 0 fully saturated rings. The van der Waals surface area contributed by atoms with Crippen LogP contribution in [-0.4, -0.2) is 35.5 Å². The smallest absolute Gasteiger partial charge is 0.347 e. The molecule has 2 aromatic rings. The fourth-order valence-corrected chi connectivity index (χ4v) is 3.29. The molecular formula is C23H26N2O5. The van der Waals surface area contributed by atoms with Gasteiger partial charge in [0.05, 0.1) is 11.4 Å². The number of aryl methyl sites for hydroxylation is 1. The fourth-order valence-electron chi connectivity index (χ4n) is 3.29. The molecule has 0 aromatic heterocycles. The number of para-hydroxylation sites is 2. The van der Waals surface area contributed by atoms with Crippen molar-refractivity contribution in [2.75, 3.05) is 10.2 Å². The average molecular weight is 410 g/mol. The third-order valence-corrected chi connectivity index (χ3v) is 5.00. The number of amides is 2. The van der Waals surface area contributed by atoms with Crippen molar-refractivity contribution in [2.24, 2.45) is 0 Å². The van der Waals surface area contributed by atoms with Gasteiger partial charge in [0.15, 0.2) is 12.2 Å². The maximum absolute atomic E-state index is 13.2. The number of carbonyl (C=O) groups is 3. The van der Waals surface area contributed by atoms with E-state index in [0.29, 0.717) is 17.1 Å². The van der Waals surface area contributed by atoms with Gasteiger partial charge in [0.1, 0.15) is 11.3 Å². The van der Waals surface area contributed by atoms with Gasteiger partial charge in [-0.05, 0) is 64.4 Å². The van der Waals surface area contributed by atoms with Crippen LogP contribution < -0.4 is 15.0 Å². The molecule has 7 nitrogen and oxygen atoms in total. The number of nitrogens with one attached hydrogen (secondary N) is 1. The predicted molar refractivity (Wildman–Crippen MR) is 113 cm³/mol. The molecule has 3 rings (SSSR count). The highest BCUT2D eigenvalue weighted by Crippen LogP contribution is 2.37. The first-order valence-corrected chi connectivity index (χ1v) is 9.79. The Balaban J connectivity index is 1.74. The summed E-state index contributed by atoms with van der Waals surface area (Å²) in [5.74, 6) is -0.922. The zero-order valence-electron chi connectivity index (χ0n) is 17.8. The van der Waals surface area contributed by atoms with E-state index in [4.69, 9.17) is 9.47 Å². The zero-order chi connectivity index (χ0) is 22.1. The van der Waals surface area contributed by atoms with Gasteiger partial charge in [-0.25, -0.2) is 4.79 Å². The molecule has 1 N–H and O–H groups in total. The Morgan fingerprint density at radius 1 is 1.03 bits per heavy atom. The standard InChI is InChI=1S/C23H26N2O5/c1-14-9-8-10-17(13-14)29-16(3)21(27)30-15(2)20(26)25-19-12-7-6-11-18(19)24-22(28)23(25,4)5/h6-13,15-16H,1-5H3,(H,24,28)/t15-,16-/m0/s1.